The maximum atomic E-state index is 13.9. The molecular weight excluding hydrogens is 466 g/mol. The highest BCUT2D eigenvalue weighted by atomic mass is 16.5. The van der Waals surface area contributed by atoms with Crippen molar-refractivity contribution in [1.29, 1.82) is 0 Å². The molecule has 3 heterocycles. The zero-order valence-corrected chi connectivity index (χ0v) is 20.9. The van der Waals surface area contributed by atoms with Gasteiger partial charge in [0, 0.05) is 29.6 Å². The fourth-order valence-corrected chi connectivity index (χ4v) is 5.70. The molecule has 2 aliphatic heterocycles. The maximum Gasteiger partial charge on any atom is 0.246 e. The molecule has 37 heavy (non-hydrogen) atoms. The average Bonchev–Trinajstić information content (AvgIpc) is 3.32. The van der Waals surface area contributed by atoms with Gasteiger partial charge in [0.05, 0.1) is 26.8 Å². The zero-order valence-electron chi connectivity index (χ0n) is 20.9. The highest BCUT2D eigenvalue weighted by Gasteiger charge is 2.48. The second-order valence-corrected chi connectivity index (χ2v) is 9.62. The fraction of sp³-hybridized carbons (Fsp3) is 0.267. The Bertz CT molecular complexity index is 1460. The molecule has 0 aliphatic carbocycles. The third kappa shape index (κ3) is 4.00. The predicted molar refractivity (Wildman–Crippen MR) is 141 cm³/mol. The molecule has 1 N–H and O–H groups in total. The number of amides is 2. The number of aromatic amines is 1. The molecule has 0 saturated carbocycles. The minimum atomic E-state index is -0.545. The van der Waals surface area contributed by atoms with Gasteiger partial charge in [0.2, 0.25) is 11.8 Å². The Balaban J connectivity index is 1.35. The molecule has 1 aromatic heterocycles. The van der Waals surface area contributed by atoms with Gasteiger partial charge in [-0.05, 0) is 53.4 Å². The number of methoxy groups -OCH3 is 2. The number of carbonyl (C=O) groups excluding carboxylic acids is 2. The molecule has 3 aromatic carbocycles. The number of hydrogen-bond donors (Lipinski definition) is 1. The van der Waals surface area contributed by atoms with Gasteiger partial charge in [-0.2, -0.15) is 0 Å². The number of ether oxygens (including phenoxy) is 2. The van der Waals surface area contributed by atoms with E-state index in [4.69, 9.17) is 9.47 Å². The van der Waals surface area contributed by atoms with E-state index in [1.54, 1.807) is 24.0 Å². The maximum absolute atomic E-state index is 13.9. The second kappa shape index (κ2) is 9.32. The van der Waals surface area contributed by atoms with E-state index in [2.05, 4.69) is 11.1 Å². The van der Waals surface area contributed by atoms with Gasteiger partial charge in [-0.25, -0.2) is 0 Å². The van der Waals surface area contributed by atoms with Crippen LogP contribution in [0.3, 0.4) is 0 Å². The van der Waals surface area contributed by atoms with Crippen LogP contribution < -0.4 is 9.47 Å². The van der Waals surface area contributed by atoms with Crippen molar-refractivity contribution in [2.24, 2.45) is 0 Å². The number of nitrogens with one attached hydrogen (secondary N) is 1. The van der Waals surface area contributed by atoms with Gasteiger partial charge in [0.1, 0.15) is 17.5 Å². The number of aromatic nitrogens is 1. The molecule has 0 bridgehead atoms. The molecule has 0 radical (unpaired) electrons. The van der Waals surface area contributed by atoms with Crippen LogP contribution in [0.4, 0.5) is 0 Å². The molecule has 0 spiro atoms. The highest BCUT2D eigenvalue weighted by Crippen LogP contribution is 2.42. The summed E-state index contributed by atoms with van der Waals surface area (Å²) >= 11 is 0. The first-order chi connectivity index (χ1) is 18.1. The quantitative estimate of drug-likeness (QED) is 0.437. The van der Waals surface area contributed by atoms with Crippen molar-refractivity contribution in [3.05, 3.63) is 95.2 Å². The smallest absolute Gasteiger partial charge is 0.246 e. The van der Waals surface area contributed by atoms with Crippen LogP contribution in [0.25, 0.3) is 10.9 Å². The van der Waals surface area contributed by atoms with Crippen LogP contribution >= 0.6 is 0 Å². The van der Waals surface area contributed by atoms with Gasteiger partial charge in [0.25, 0.3) is 0 Å². The van der Waals surface area contributed by atoms with E-state index in [0.29, 0.717) is 19.4 Å². The summed E-state index contributed by atoms with van der Waals surface area (Å²) in [7, 11) is 3.27. The van der Waals surface area contributed by atoms with Gasteiger partial charge in [-0.15, -0.1) is 0 Å². The SMILES string of the molecule is COc1ccc(CCN2CC(=O)N3C(c4ccc(OC)cc4)c4[nH]c5ccccc5c4C[C@@H]3C2=O)cc1. The first-order valence-corrected chi connectivity index (χ1v) is 12.5. The summed E-state index contributed by atoms with van der Waals surface area (Å²) in [6.45, 7) is 0.572. The Morgan fingerprint density at radius 3 is 2.27 bits per heavy atom. The Morgan fingerprint density at radius 2 is 1.57 bits per heavy atom. The van der Waals surface area contributed by atoms with Crippen molar-refractivity contribution < 1.29 is 19.1 Å². The van der Waals surface area contributed by atoms with Crippen molar-refractivity contribution >= 4 is 22.7 Å². The fourth-order valence-electron chi connectivity index (χ4n) is 5.70. The molecule has 2 aliphatic rings. The van der Waals surface area contributed by atoms with E-state index in [9.17, 15) is 9.59 Å². The van der Waals surface area contributed by atoms with Crippen LogP contribution in [-0.4, -0.2) is 59.9 Å². The lowest BCUT2D eigenvalue weighted by atomic mass is 9.86. The average molecular weight is 496 g/mol. The van der Waals surface area contributed by atoms with E-state index < -0.39 is 6.04 Å². The zero-order chi connectivity index (χ0) is 25.5. The lowest BCUT2D eigenvalue weighted by Crippen LogP contribution is -2.63. The van der Waals surface area contributed by atoms with Gasteiger partial charge in [-0.1, -0.05) is 42.5 Å². The lowest BCUT2D eigenvalue weighted by Gasteiger charge is -2.47. The van der Waals surface area contributed by atoms with E-state index in [-0.39, 0.29) is 24.4 Å². The summed E-state index contributed by atoms with van der Waals surface area (Å²) in [5.74, 6) is 1.51. The number of hydrogen-bond acceptors (Lipinski definition) is 4. The third-order valence-corrected chi connectivity index (χ3v) is 7.60. The molecule has 1 fully saturated rings. The second-order valence-electron chi connectivity index (χ2n) is 9.62. The van der Waals surface area contributed by atoms with Crippen LogP contribution in [0, 0.1) is 0 Å². The minimum absolute atomic E-state index is 0.00237. The summed E-state index contributed by atoms with van der Waals surface area (Å²) in [5, 5.41) is 1.10. The number of carbonyl (C=O) groups is 2. The monoisotopic (exact) mass is 495 g/mol. The Morgan fingerprint density at radius 1 is 0.892 bits per heavy atom. The molecule has 4 aromatic rings. The number of piperazine rings is 1. The standard InChI is InChI=1S/C30H29N3O4/c1-36-21-11-7-19(8-12-21)15-16-32-18-27(34)33-26(30(32)35)17-24-23-5-3-4-6-25(23)31-28(24)29(33)20-9-13-22(37-2)14-10-20/h3-14,26,29,31H,15-18H2,1-2H3/t26-,29?/m1/s1. The number of benzene rings is 3. The summed E-state index contributed by atoms with van der Waals surface area (Å²) in [5.41, 5.74) is 5.15. The Labute approximate surface area is 215 Å². The third-order valence-electron chi connectivity index (χ3n) is 7.60. The molecule has 2 atom stereocenters. The summed E-state index contributed by atoms with van der Waals surface area (Å²) in [6, 6.07) is 22.8. The summed E-state index contributed by atoms with van der Waals surface area (Å²) in [6.07, 6.45) is 1.17. The van der Waals surface area contributed by atoms with Crippen LogP contribution in [-0.2, 0) is 22.4 Å². The number of nitrogens with zero attached hydrogens (tertiary/aromatic N) is 2. The van der Waals surface area contributed by atoms with Crippen LogP contribution in [0.1, 0.15) is 28.4 Å². The van der Waals surface area contributed by atoms with Gasteiger partial charge >= 0.3 is 0 Å². The molecular formula is C30H29N3O4. The number of rotatable bonds is 6. The van der Waals surface area contributed by atoms with Gasteiger partial charge in [-0.3, -0.25) is 9.59 Å². The van der Waals surface area contributed by atoms with Gasteiger partial charge < -0.3 is 24.3 Å². The van der Waals surface area contributed by atoms with E-state index >= 15 is 0 Å². The molecule has 1 unspecified atom stereocenters. The lowest BCUT2D eigenvalue weighted by molar-refractivity contribution is -0.158. The van der Waals surface area contributed by atoms with Crippen LogP contribution in [0.2, 0.25) is 0 Å². The summed E-state index contributed by atoms with van der Waals surface area (Å²) in [4.78, 5) is 34.6. The summed E-state index contributed by atoms with van der Waals surface area (Å²) < 4.78 is 10.6. The predicted octanol–water partition coefficient (Wildman–Crippen LogP) is 4.11. The van der Waals surface area contributed by atoms with E-state index in [1.807, 2.05) is 66.7 Å². The van der Waals surface area contributed by atoms with Crippen molar-refractivity contribution in [1.82, 2.24) is 14.8 Å². The Hall–Kier alpha value is -4.26. The molecule has 188 valence electrons. The molecule has 7 heteroatoms. The van der Waals surface area contributed by atoms with Crippen LogP contribution in [0.15, 0.2) is 72.8 Å². The Kier molecular flexibility index (Phi) is 5.83. The van der Waals surface area contributed by atoms with Crippen molar-refractivity contribution in [2.45, 2.75) is 24.9 Å². The topological polar surface area (TPSA) is 74.9 Å². The molecule has 7 nitrogen and oxygen atoms in total. The normalized spacial score (nSPS) is 19.1. The molecule has 6 rings (SSSR count). The van der Waals surface area contributed by atoms with Crippen molar-refractivity contribution in [2.75, 3.05) is 27.3 Å². The number of fused-ring (bicyclic) bond motifs is 4. The van der Waals surface area contributed by atoms with E-state index in [1.165, 1.54) is 0 Å². The molecule has 1 saturated heterocycles. The van der Waals surface area contributed by atoms with Crippen LogP contribution in [0.5, 0.6) is 11.5 Å². The van der Waals surface area contributed by atoms with E-state index in [0.717, 1.165) is 44.8 Å². The first kappa shape index (κ1) is 23.2. The molecule has 2 amide bonds. The number of para-hydroxylation sites is 1. The minimum Gasteiger partial charge on any atom is -0.497 e. The van der Waals surface area contributed by atoms with Crippen molar-refractivity contribution in [3.63, 3.8) is 0 Å². The highest BCUT2D eigenvalue weighted by molar-refractivity contribution is 5.97. The largest absolute Gasteiger partial charge is 0.497 e. The van der Waals surface area contributed by atoms with Crippen molar-refractivity contribution in [3.8, 4) is 11.5 Å². The number of H-pyrrole nitrogens is 1. The van der Waals surface area contributed by atoms with Gasteiger partial charge in [0.15, 0.2) is 0 Å². The first-order valence-electron chi connectivity index (χ1n) is 12.5.